The van der Waals surface area contributed by atoms with Gasteiger partial charge in [0.2, 0.25) is 5.89 Å². The molecule has 3 heterocycles. The van der Waals surface area contributed by atoms with Crippen molar-refractivity contribution in [3.63, 3.8) is 0 Å². The second-order valence-electron chi connectivity index (χ2n) is 5.99. The van der Waals surface area contributed by atoms with Gasteiger partial charge in [-0.15, -0.1) is 0 Å². The number of hydrogen-bond donors (Lipinski definition) is 0. The fraction of sp³-hybridized carbons (Fsp3) is 0.562. The summed E-state index contributed by atoms with van der Waals surface area (Å²) < 4.78 is 5.03. The smallest absolute Gasteiger partial charge is 0.223 e. The Morgan fingerprint density at radius 2 is 2.18 bits per heavy atom. The Kier molecular flexibility index (Phi) is 4.80. The van der Waals surface area contributed by atoms with E-state index in [9.17, 15) is 0 Å². The first-order valence-corrected chi connectivity index (χ1v) is 7.81. The van der Waals surface area contributed by atoms with Crippen LogP contribution in [0.25, 0.3) is 0 Å². The molecule has 0 saturated carbocycles. The number of nitrogens with zero attached hydrogens (tertiary/aromatic N) is 5. The highest BCUT2D eigenvalue weighted by atomic mass is 16.5. The van der Waals surface area contributed by atoms with Gasteiger partial charge < -0.3 is 9.42 Å². The maximum atomic E-state index is 5.03. The fourth-order valence-corrected chi connectivity index (χ4v) is 2.97. The van der Waals surface area contributed by atoms with Gasteiger partial charge in [-0.2, -0.15) is 4.98 Å². The molecule has 2 aromatic heterocycles. The number of hydrogen-bond acceptors (Lipinski definition) is 6. The standard InChI is InChI=1S/C16H23N5O/c1-13-18-16(19-22-13)12-20(2)15-6-10-21(11-15)9-5-14-3-7-17-8-4-14/h3-4,7-8,15H,5-6,9-12H2,1-2H3/t15-/m0/s1. The van der Waals surface area contributed by atoms with Crippen molar-refractivity contribution >= 4 is 0 Å². The highest BCUT2D eigenvalue weighted by Crippen LogP contribution is 2.16. The highest BCUT2D eigenvalue weighted by molar-refractivity contribution is 5.10. The molecule has 0 bridgehead atoms. The average molecular weight is 301 g/mol. The first-order valence-electron chi connectivity index (χ1n) is 7.81. The van der Waals surface area contributed by atoms with Crippen molar-refractivity contribution in [1.29, 1.82) is 0 Å². The predicted octanol–water partition coefficient (Wildman–Crippen LogP) is 1.52. The van der Waals surface area contributed by atoms with Gasteiger partial charge in [-0.1, -0.05) is 5.16 Å². The fourth-order valence-electron chi connectivity index (χ4n) is 2.97. The van der Waals surface area contributed by atoms with E-state index < -0.39 is 0 Å². The Labute approximate surface area is 131 Å². The third kappa shape index (κ3) is 3.90. The van der Waals surface area contributed by atoms with E-state index >= 15 is 0 Å². The molecule has 6 heteroatoms. The van der Waals surface area contributed by atoms with Crippen LogP contribution < -0.4 is 0 Å². The van der Waals surface area contributed by atoms with Crippen LogP contribution in [-0.4, -0.2) is 57.6 Å². The van der Waals surface area contributed by atoms with Crippen LogP contribution in [0.2, 0.25) is 0 Å². The van der Waals surface area contributed by atoms with Gasteiger partial charge in [0.25, 0.3) is 0 Å². The lowest BCUT2D eigenvalue weighted by Crippen LogP contribution is -2.34. The topological polar surface area (TPSA) is 58.3 Å². The van der Waals surface area contributed by atoms with Crippen LogP contribution in [0, 0.1) is 6.92 Å². The van der Waals surface area contributed by atoms with Gasteiger partial charge in [-0.3, -0.25) is 9.88 Å². The monoisotopic (exact) mass is 301 g/mol. The zero-order valence-electron chi connectivity index (χ0n) is 13.3. The first-order chi connectivity index (χ1) is 10.7. The molecule has 0 aromatic carbocycles. The van der Waals surface area contributed by atoms with Gasteiger partial charge in [0.15, 0.2) is 5.82 Å². The quantitative estimate of drug-likeness (QED) is 0.806. The summed E-state index contributed by atoms with van der Waals surface area (Å²) >= 11 is 0. The Morgan fingerprint density at radius 3 is 2.91 bits per heavy atom. The minimum atomic E-state index is 0.566. The molecule has 2 aromatic rings. The van der Waals surface area contributed by atoms with Crippen molar-refractivity contribution in [2.24, 2.45) is 0 Å². The molecule has 0 unspecified atom stereocenters. The molecule has 1 aliphatic heterocycles. The summed E-state index contributed by atoms with van der Waals surface area (Å²) in [7, 11) is 2.14. The van der Waals surface area contributed by atoms with Crippen molar-refractivity contribution < 1.29 is 4.52 Å². The van der Waals surface area contributed by atoms with E-state index in [0.717, 1.165) is 38.4 Å². The molecule has 0 N–H and O–H groups in total. The van der Waals surface area contributed by atoms with Crippen LogP contribution >= 0.6 is 0 Å². The van der Waals surface area contributed by atoms with Gasteiger partial charge in [0.1, 0.15) is 0 Å². The molecule has 1 aliphatic rings. The van der Waals surface area contributed by atoms with Crippen LogP contribution in [0.15, 0.2) is 29.0 Å². The molecule has 1 fully saturated rings. The van der Waals surface area contributed by atoms with E-state index in [2.05, 4.69) is 44.1 Å². The maximum Gasteiger partial charge on any atom is 0.223 e. The summed E-state index contributed by atoms with van der Waals surface area (Å²) in [5.41, 5.74) is 1.36. The molecule has 0 radical (unpaired) electrons. The molecule has 6 nitrogen and oxygen atoms in total. The van der Waals surface area contributed by atoms with Gasteiger partial charge in [-0.05, 0) is 44.1 Å². The molecule has 0 spiro atoms. The van der Waals surface area contributed by atoms with Gasteiger partial charge in [-0.25, -0.2) is 0 Å². The van der Waals surface area contributed by atoms with Gasteiger partial charge >= 0.3 is 0 Å². The summed E-state index contributed by atoms with van der Waals surface area (Å²) in [6, 6.07) is 4.76. The third-order valence-electron chi connectivity index (χ3n) is 4.30. The normalized spacial score (nSPS) is 19.1. The molecule has 0 amide bonds. The minimum absolute atomic E-state index is 0.566. The number of aromatic nitrogens is 3. The van der Waals surface area contributed by atoms with E-state index in [1.54, 1.807) is 0 Å². The van der Waals surface area contributed by atoms with Crippen LogP contribution in [0.1, 0.15) is 23.7 Å². The van der Waals surface area contributed by atoms with Crippen LogP contribution in [-0.2, 0) is 13.0 Å². The summed E-state index contributed by atoms with van der Waals surface area (Å²) in [6.45, 7) is 5.95. The Morgan fingerprint density at radius 1 is 1.36 bits per heavy atom. The highest BCUT2D eigenvalue weighted by Gasteiger charge is 2.26. The Bertz CT molecular complexity index is 585. The maximum absolute atomic E-state index is 5.03. The molecular weight excluding hydrogens is 278 g/mol. The summed E-state index contributed by atoms with van der Waals surface area (Å²) in [5, 5.41) is 3.97. The largest absolute Gasteiger partial charge is 0.340 e. The predicted molar refractivity (Wildman–Crippen MR) is 83.3 cm³/mol. The first kappa shape index (κ1) is 15.1. The number of likely N-dealkylation sites (N-methyl/N-ethyl adjacent to an activating group) is 1. The SMILES string of the molecule is Cc1nc(CN(C)[C@H]2CCN(CCc3ccncc3)C2)no1. The van der Waals surface area contributed by atoms with Crippen molar-refractivity contribution in [2.75, 3.05) is 26.7 Å². The summed E-state index contributed by atoms with van der Waals surface area (Å²) in [4.78, 5) is 13.2. The number of rotatable bonds is 6. The van der Waals surface area contributed by atoms with E-state index in [1.807, 2.05) is 19.3 Å². The van der Waals surface area contributed by atoms with Crippen molar-refractivity contribution in [2.45, 2.75) is 32.4 Å². The van der Waals surface area contributed by atoms with E-state index in [1.165, 1.54) is 12.0 Å². The number of likely N-dealkylation sites (tertiary alicyclic amines) is 1. The third-order valence-corrected chi connectivity index (χ3v) is 4.30. The van der Waals surface area contributed by atoms with Crippen LogP contribution in [0.5, 0.6) is 0 Å². The Hall–Kier alpha value is -1.79. The average Bonchev–Trinajstić information content (AvgIpc) is 3.15. The van der Waals surface area contributed by atoms with Crippen molar-refractivity contribution in [1.82, 2.24) is 24.9 Å². The van der Waals surface area contributed by atoms with Gasteiger partial charge in [0, 0.05) is 38.4 Å². The Balaban J connectivity index is 1.45. The van der Waals surface area contributed by atoms with E-state index in [4.69, 9.17) is 4.52 Å². The van der Waals surface area contributed by atoms with Crippen molar-refractivity contribution in [3.8, 4) is 0 Å². The molecule has 118 valence electrons. The molecule has 3 rings (SSSR count). The van der Waals surface area contributed by atoms with Crippen LogP contribution in [0.4, 0.5) is 0 Å². The lowest BCUT2D eigenvalue weighted by Gasteiger charge is -2.23. The van der Waals surface area contributed by atoms with Gasteiger partial charge in [0.05, 0.1) is 6.54 Å². The zero-order chi connectivity index (χ0) is 15.4. The number of aryl methyl sites for hydroxylation is 1. The minimum Gasteiger partial charge on any atom is -0.340 e. The lowest BCUT2D eigenvalue weighted by molar-refractivity contribution is 0.218. The second kappa shape index (κ2) is 6.98. The summed E-state index contributed by atoms with van der Waals surface area (Å²) in [6.07, 6.45) is 6.01. The number of pyridine rings is 1. The molecule has 22 heavy (non-hydrogen) atoms. The molecule has 1 saturated heterocycles. The van der Waals surface area contributed by atoms with Crippen molar-refractivity contribution in [3.05, 3.63) is 41.8 Å². The van der Waals surface area contributed by atoms with E-state index in [-0.39, 0.29) is 0 Å². The molecule has 0 aliphatic carbocycles. The van der Waals surface area contributed by atoms with E-state index in [0.29, 0.717) is 11.9 Å². The molecular formula is C16H23N5O. The lowest BCUT2D eigenvalue weighted by atomic mass is 10.2. The second-order valence-corrected chi connectivity index (χ2v) is 5.99. The zero-order valence-corrected chi connectivity index (χ0v) is 13.3. The molecule has 1 atom stereocenters. The summed E-state index contributed by atoms with van der Waals surface area (Å²) in [5.74, 6) is 1.41. The van der Waals surface area contributed by atoms with Crippen LogP contribution in [0.3, 0.4) is 0 Å².